The van der Waals surface area contributed by atoms with E-state index in [4.69, 9.17) is 32.7 Å². The summed E-state index contributed by atoms with van der Waals surface area (Å²) < 4.78 is 10.8. The summed E-state index contributed by atoms with van der Waals surface area (Å²) in [4.78, 5) is 36.7. The van der Waals surface area contributed by atoms with Crippen molar-refractivity contribution in [2.45, 2.75) is 13.8 Å². The second kappa shape index (κ2) is 11.5. The van der Waals surface area contributed by atoms with Crippen molar-refractivity contribution in [2.75, 3.05) is 12.4 Å². The monoisotopic (exact) mass is 513 g/mol. The van der Waals surface area contributed by atoms with E-state index in [2.05, 4.69) is 15.8 Å². The highest BCUT2D eigenvalue weighted by molar-refractivity contribution is 6.40. The zero-order valence-electron chi connectivity index (χ0n) is 19.0. The number of hydrogen-bond donors (Lipinski definition) is 2. The minimum Gasteiger partial charge on any atom is -0.493 e. The lowest BCUT2D eigenvalue weighted by atomic mass is 10.1. The molecule has 0 aliphatic heterocycles. The smallest absolute Gasteiger partial charge is 0.343 e. The van der Waals surface area contributed by atoms with E-state index < -0.39 is 17.8 Å². The Hall–Kier alpha value is -3.88. The first-order chi connectivity index (χ1) is 16.7. The van der Waals surface area contributed by atoms with Gasteiger partial charge in [0.15, 0.2) is 11.5 Å². The van der Waals surface area contributed by atoms with Crippen LogP contribution in [0.2, 0.25) is 10.0 Å². The van der Waals surface area contributed by atoms with Crippen molar-refractivity contribution in [2.24, 2.45) is 5.10 Å². The van der Waals surface area contributed by atoms with E-state index in [9.17, 15) is 14.4 Å². The summed E-state index contributed by atoms with van der Waals surface area (Å²) in [5, 5.41) is 6.96. The third-order valence-electron chi connectivity index (χ3n) is 4.72. The van der Waals surface area contributed by atoms with Crippen LogP contribution in [0.3, 0.4) is 0 Å². The molecule has 8 nitrogen and oxygen atoms in total. The molecule has 0 bridgehead atoms. The third-order valence-corrected chi connectivity index (χ3v) is 5.16. The highest BCUT2D eigenvalue weighted by Crippen LogP contribution is 2.29. The number of ether oxygens (including phenoxy) is 2. The Bertz CT molecular complexity index is 1290. The first-order valence-corrected chi connectivity index (χ1v) is 11.0. The molecule has 0 aliphatic rings. The Labute approximate surface area is 211 Å². The number of benzene rings is 3. The normalized spacial score (nSPS) is 10.9. The third kappa shape index (κ3) is 7.05. The zero-order chi connectivity index (χ0) is 25.5. The molecular formula is C25H21Cl2N3O5. The molecule has 0 radical (unpaired) electrons. The Morgan fingerprint density at radius 2 is 1.46 bits per heavy atom. The van der Waals surface area contributed by atoms with Crippen LogP contribution in [0.15, 0.2) is 65.8 Å². The zero-order valence-corrected chi connectivity index (χ0v) is 20.5. The molecule has 3 aromatic rings. The summed E-state index contributed by atoms with van der Waals surface area (Å²) in [5.74, 6) is -1.95. The number of hydrogen-bond acceptors (Lipinski definition) is 6. The fraction of sp³-hybridized carbons (Fsp3) is 0.120. The Balaban J connectivity index is 1.66. The molecule has 0 fully saturated rings. The van der Waals surface area contributed by atoms with Crippen LogP contribution in [0, 0.1) is 6.92 Å². The van der Waals surface area contributed by atoms with Gasteiger partial charge in [-0.25, -0.2) is 10.2 Å². The van der Waals surface area contributed by atoms with Crippen LogP contribution in [0.25, 0.3) is 0 Å². The predicted octanol–water partition coefficient (Wildman–Crippen LogP) is 5.01. The molecule has 3 rings (SSSR count). The van der Waals surface area contributed by atoms with Gasteiger partial charge in [0.25, 0.3) is 0 Å². The number of nitrogens with one attached hydrogen (secondary N) is 2. The maximum atomic E-state index is 12.4. The standard InChI is InChI=1S/C25H21Cl2N3O5/c1-14-4-6-16(7-5-14)25(33)35-21-9-8-17(10-22(21)34-3)15(2)29-30-24(32)23(31)28-20-12-18(26)11-19(27)13-20/h4-13H,1-3H3,(H,28,31)(H,30,32). The second-order valence-corrected chi connectivity index (χ2v) is 8.24. The van der Waals surface area contributed by atoms with Crippen molar-refractivity contribution in [3.63, 3.8) is 0 Å². The minimum absolute atomic E-state index is 0.221. The number of methoxy groups -OCH3 is 1. The highest BCUT2D eigenvalue weighted by Gasteiger charge is 2.16. The van der Waals surface area contributed by atoms with E-state index in [0.717, 1.165) is 5.56 Å². The highest BCUT2D eigenvalue weighted by atomic mass is 35.5. The number of halogens is 2. The number of carbonyl (C=O) groups excluding carboxylic acids is 3. The molecule has 3 aromatic carbocycles. The lowest BCUT2D eigenvalue weighted by Crippen LogP contribution is -2.32. The van der Waals surface area contributed by atoms with E-state index in [1.165, 1.54) is 25.3 Å². The maximum Gasteiger partial charge on any atom is 0.343 e. The lowest BCUT2D eigenvalue weighted by molar-refractivity contribution is -0.136. The molecular weight excluding hydrogens is 493 g/mol. The van der Waals surface area contributed by atoms with Crippen LogP contribution in [0.5, 0.6) is 11.5 Å². The van der Waals surface area contributed by atoms with Crippen LogP contribution < -0.4 is 20.2 Å². The number of nitrogens with zero attached hydrogens (tertiary/aromatic N) is 1. The SMILES string of the molecule is COc1cc(C(C)=NNC(=O)C(=O)Nc2cc(Cl)cc(Cl)c2)ccc1OC(=O)c1ccc(C)cc1. The Morgan fingerprint density at radius 3 is 2.09 bits per heavy atom. The van der Waals surface area contributed by atoms with Crippen molar-refractivity contribution >= 4 is 52.4 Å². The Kier molecular flexibility index (Phi) is 8.46. The van der Waals surface area contributed by atoms with Crippen LogP contribution >= 0.6 is 23.2 Å². The number of amides is 2. The molecule has 0 atom stereocenters. The van der Waals surface area contributed by atoms with Crippen molar-refractivity contribution in [3.05, 3.63) is 87.4 Å². The molecule has 2 N–H and O–H groups in total. The first kappa shape index (κ1) is 25.7. The van der Waals surface area contributed by atoms with Crippen molar-refractivity contribution in [1.82, 2.24) is 5.43 Å². The van der Waals surface area contributed by atoms with Crippen LogP contribution in [-0.4, -0.2) is 30.6 Å². The molecule has 0 spiro atoms. The predicted molar refractivity (Wildman–Crippen MR) is 135 cm³/mol. The van der Waals surface area contributed by atoms with E-state index in [0.29, 0.717) is 32.6 Å². The Morgan fingerprint density at radius 1 is 0.829 bits per heavy atom. The van der Waals surface area contributed by atoms with Gasteiger partial charge in [-0.15, -0.1) is 0 Å². The number of aryl methyl sites for hydroxylation is 1. The topological polar surface area (TPSA) is 106 Å². The number of rotatable bonds is 6. The van der Waals surface area contributed by atoms with Gasteiger partial charge in [0.1, 0.15) is 0 Å². The summed E-state index contributed by atoms with van der Waals surface area (Å²) in [7, 11) is 1.43. The van der Waals surface area contributed by atoms with Crippen LogP contribution in [-0.2, 0) is 9.59 Å². The molecule has 2 amide bonds. The molecule has 180 valence electrons. The van der Waals surface area contributed by atoms with Gasteiger partial charge >= 0.3 is 17.8 Å². The van der Waals surface area contributed by atoms with E-state index >= 15 is 0 Å². The molecule has 0 aromatic heterocycles. The molecule has 0 aliphatic carbocycles. The van der Waals surface area contributed by atoms with Crippen LogP contribution in [0.4, 0.5) is 5.69 Å². The van der Waals surface area contributed by atoms with Crippen molar-refractivity contribution < 1.29 is 23.9 Å². The lowest BCUT2D eigenvalue weighted by Gasteiger charge is -2.11. The minimum atomic E-state index is -0.990. The number of esters is 1. The summed E-state index contributed by atoms with van der Waals surface area (Å²) in [6.45, 7) is 3.55. The largest absolute Gasteiger partial charge is 0.493 e. The van der Waals surface area contributed by atoms with Gasteiger partial charge < -0.3 is 14.8 Å². The molecule has 10 heteroatoms. The van der Waals surface area contributed by atoms with E-state index in [-0.39, 0.29) is 11.4 Å². The summed E-state index contributed by atoms with van der Waals surface area (Å²) >= 11 is 11.8. The molecule has 0 saturated carbocycles. The summed E-state index contributed by atoms with van der Waals surface area (Å²) in [6, 6.07) is 16.2. The maximum absolute atomic E-state index is 12.4. The van der Waals surface area contributed by atoms with Crippen LogP contribution in [0.1, 0.15) is 28.4 Å². The molecule has 0 saturated heterocycles. The van der Waals surface area contributed by atoms with Gasteiger partial charge in [0.05, 0.1) is 18.4 Å². The van der Waals surface area contributed by atoms with Gasteiger partial charge in [-0.1, -0.05) is 40.9 Å². The molecule has 0 unspecified atom stereocenters. The average Bonchev–Trinajstić information content (AvgIpc) is 2.82. The number of carbonyl (C=O) groups is 3. The second-order valence-electron chi connectivity index (χ2n) is 7.37. The average molecular weight is 514 g/mol. The molecule has 0 heterocycles. The van der Waals surface area contributed by atoms with E-state index in [1.54, 1.807) is 37.3 Å². The fourth-order valence-electron chi connectivity index (χ4n) is 2.89. The quantitative estimate of drug-likeness (QED) is 0.158. The molecule has 35 heavy (non-hydrogen) atoms. The van der Waals surface area contributed by atoms with E-state index in [1.807, 2.05) is 19.1 Å². The first-order valence-electron chi connectivity index (χ1n) is 10.2. The van der Waals surface area contributed by atoms with Gasteiger partial charge in [0.2, 0.25) is 0 Å². The fourth-order valence-corrected chi connectivity index (χ4v) is 3.42. The van der Waals surface area contributed by atoms with Gasteiger partial charge in [-0.3, -0.25) is 9.59 Å². The van der Waals surface area contributed by atoms with Crippen molar-refractivity contribution in [3.8, 4) is 11.5 Å². The van der Waals surface area contributed by atoms with Gasteiger partial charge in [-0.05, 0) is 62.4 Å². The van der Waals surface area contributed by atoms with Gasteiger partial charge in [0, 0.05) is 21.3 Å². The van der Waals surface area contributed by atoms with Crippen molar-refractivity contribution in [1.29, 1.82) is 0 Å². The van der Waals surface area contributed by atoms with Gasteiger partial charge in [-0.2, -0.15) is 5.10 Å². The number of anilines is 1. The summed E-state index contributed by atoms with van der Waals surface area (Å²) in [5.41, 5.74) is 4.83. The number of hydrazone groups is 1. The summed E-state index contributed by atoms with van der Waals surface area (Å²) in [6.07, 6.45) is 0.